The van der Waals surface area contributed by atoms with Crippen LogP contribution in [-0.2, 0) is 11.2 Å². The zero-order valence-corrected chi connectivity index (χ0v) is 20.8. The fraction of sp³-hybridized carbons (Fsp3) is 0.185. The van der Waals surface area contributed by atoms with Gasteiger partial charge in [0.15, 0.2) is 5.84 Å². The van der Waals surface area contributed by atoms with E-state index in [1.807, 2.05) is 69.3 Å². The lowest BCUT2D eigenvalue weighted by atomic mass is 10.1. The monoisotopic (exact) mass is 483 g/mol. The van der Waals surface area contributed by atoms with Crippen LogP contribution in [0.1, 0.15) is 28.1 Å². The van der Waals surface area contributed by atoms with Crippen molar-refractivity contribution in [1.82, 2.24) is 9.58 Å². The highest BCUT2D eigenvalue weighted by atomic mass is 32.2. The van der Waals surface area contributed by atoms with Crippen molar-refractivity contribution in [3.05, 3.63) is 88.2 Å². The minimum Gasteiger partial charge on any atom is -0.495 e. The van der Waals surface area contributed by atoms with Gasteiger partial charge in [-0.15, -0.1) is 0 Å². The number of methoxy groups -OCH3 is 1. The van der Waals surface area contributed by atoms with Crippen molar-refractivity contribution in [3.8, 4) is 11.4 Å². The standard InChI is InChI=1S/C27H25N5O2S/c1-16-10-11-23(34-4)22(12-16)31-17(2)13-20(18(31)3)15-21-25(28)32-27(29-26(21)33)35-24(30-32)14-19-8-6-5-7-9-19/h5-13,15,28H,14H2,1-4H3/b21-15-,28-25?. The largest absolute Gasteiger partial charge is 0.495 e. The second-order valence-corrected chi connectivity index (χ2v) is 9.55. The molecule has 5 rings (SSSR count). The van der Waals surface area contributed by atoms with Gasteiger partial charge >= 0.3 is 0 Å². The van der Waals surface area contributed by atoms with Gasteiger partial charge < -0.3 is 9.30 Å². The predicted octanol–water partition coefficient (Wildman–Crippen LogP) is 5.27. The molecule has 0 aliphatic carbocycles. The molecule has 3 heterocycles. The van der Waals surface area contributed by atoms with Crippen molar-refractivity contribution in [2.45, 2.75) is 27.2 Å². The maximum atomic E-state index is 12.9. The molecule has 3 aromatic rings. The Bertz CT molecular complexity index is 1450. The Morgan fingerprint density at radius 1 is 1.09 bits per heavy atom. The molecule has 0 radical (unpaired) electrons. The number of hydrogen-bond donors (Lipinski definition) is 1. The summed E-state index contributed by atoms with van der Waals surface area (Å²) >= 11 is 1.34. The lowest BCUT2D eigenvalue weighted by Gasteiger charge is -2.20. The minimum absolute atomic E-state index is 0.0356. The number of fused-ring (bicyclic) bond motifs is 1. The highest BCUT2D eigenvalue weighted by molar-refractivity contribution is 8.26. The summed E-state index contributed by atoms with van der Waals surface area (Å²) < 4.78 is 7.69. The van der Waals surface area contributed by atoms with E-state index in [0.29, 0.717) is 11.6 Å². The maximum absolute atomic E-state index is 12.9. The third kappa shape index (κ3) is 4.21. The van der Waals surface area contributed by atoms with E-state index in [1.54, 1.807) is 13.2 Å². The number of nitrogens with one attached hydrogen (secondary N) is 1. The summed E-state index contributed by atoms with van der Waals surface area (Å²) in [7, 11) is 1.66. The number of benzene rings is 2. The first kappa shape index (κ1) is 22.9. The number of hydrazone groups is 1. The fourth-order valence-electron chi connectivity index (χ4n) is 4.31. The van der Waals surface area contributed by atoms with Crippen LogP contribution in [0.4, 0.5) is 0 Å². The number of nitrogens with zero attached hydrogens (tertiary/aromatic N) is 4. The minimum atomic E-state index is -0.428. The van der Waals surface area contributed by atoms with Crippen LogP contribution in [-0.4, -0.2) is 38.6 Å². The van der Waals surface area contributed by atoms with Gasteiger partial charge in [0.25, 0.3) is 5.91 Å². The second kappa shape index (κ2) is 9.03. The predicted molar refractivity (Wildman–Crippen MR) is 142 cm³/mol. The van der Waals surface area contributed by atoms with Crippen molar-refractivity contribution < 1.29 is 9.53 Å². The van der Waals surface area contributed by atoms with E-state index in [-0.39, 0.29) is 11.4 Å². The van der Waals surface area contributed by atoms with Crippen LogP contribution in [0.5, 0.6) is 5.75 Å². The molecular weight excluding hydrogens is 458 g/mol. The van der Waals surface area contributed by atoms with Crippen molar-refractivity contribution >= 4 is 39.8 Å². The zero-order chi connectivity index (χ0) is 24.7. The van der Waals surface area contributed by atoms with Crippen molar-refractivity contribution in [2.24, 2.45) is 10.1 Å². The molecule has 0 saturated carbocycles. The molecule has 0 bridgehead atoms. The van der Waals surface area contributed by atoms with Crippen LogP contribution in [0.2, 0.25) is 0 Å². The van der Waals surface area contributed by atoms with Gasteiger partial charge in [-0.2, -0.15) is 15.1 Å². The van der Waals surface area contributed by atoms with Crippen LogP contribution in [0.25, 0.3) is 11.8 Å². The molecule has 1 aromatic heterocycles. The van der Waals surface area contributed by atoms with Gasteiger partial charge in [-0.1, -0.05) is 36.4 Å². The summed E-state index contributed by atoms with van der Waals surface area (Å²) in [6.07, 6.45) is 2.36. The third-order valence-corrected chi connectivity index (χ3v) is 6.95. The summed E-state index contributed by atoms with van der Waals surface area (Å²) in [5.74, 6) is 0.373. The van der Waals surface area contributed by atoms with E-state index < -0.39 is 5.91 Å². The quantitative estimate of drug-likeness (QED) is 0.501. The van der Waals surface area contributed by atoms with E-state index in [9.17, 15) is 4.79 Å². The smallest absolute Gasteiger partial charge is 0.283 e. The highest BCUT2D eigenvalue weighted by Gasteiger charge is 2.35. The number of rotatable bonds is 5. The fourth-order valence-corrected chi connectivity index (χ4v) is 5.23. The van der Waals surface area contributed by atoms with E-state index >= 15 is 0 Å². The number of amidine groups is 2. The lowest BCUT2D eigenvalue weighted by Crippen LogP contribution is -2.35. The molecule has 7 nitrogen and oxygen atoms in total. The average molecular weight is 484 g/mol. The van der Waals surface area contributed by atoms with E-state index in [4.69, 9.17) is 10.1 Å². The number of hydrogen-bond acceptors (Lipinski definition) is 5. The SMILES string of the molecule is COc1ccc(C)cc1-n1c(C)cc(/C=C2/C(=N)N3N=C(Cc4ccccc4)SC3=NC2=O)c1C. The summed E-state index contributed by atoms with van der Waals surface area (Å²) in [6.45, 7) is 6.05. The van der Waals surface area contributed by atoms with Gasteiger partial charge in [0.1, 0.15) is 10.8 Å². The highest BCUT2D eigenvalue weighted by Crippen LogP contribution is 2.32. The summed E-state index contributed by atoms with van der Waals surface area (Å²) in [5, 5.41) is 16.0. The Morgan fingerprint density at radius 3 is 2.60 bits per heavy atom. The molecule has 35 heavy (non-hydrogen) atoms. The third-order valence-electron chi connectivity index (χ3n) is 6.04. The molecule has 8 heteroatoms. The maximum Gasteiger partial charge on any atom is 0.283 e. The van der Waals surface area contributed by atoms with Crippen molar-refractivity contribution in [1.29, 1.82) is 5.41 Å². The van der Waals surface area contributed by atoms with Crippen LogP contribution in [0.15, 0.2) is 70.3 Å². The second-order valence-electron chi connectivity index (χ2n) is 8.51. The first-order chi connectivity index (χ1) is 16.9. The molecule has 0 saturated heterocycles. The Hall–Kier alpha value is -3.91. The van der Waals surface area contributed by atoms with Gasteiger partial charge in [0.2, 0.25) is 5.17 Å². The average Bonchev–Trinajstić information content (AvgIpc) is 3.36. The molecule has 1 N–H and O–H groups in total. The topological polar surface area (TPSA) is 83.0 Å². The van der Waals surface area contributed by atoms with Crippen molar-refractivity contribution in [3.63, 3.8) is 0 Å². The molecule has 0 unspecified atom stereocenters. The molecule has 176 valence electrons. The van der Waals surface area contributed by atoms with Gasteiger partial charge in [-0.3, -0.25) is 10.2 Å². The molecule has 2 aromatic carbocycles. The summed E-state index contributed by atoms with van der Waals surface area (Å²) in [6, 6.07) is 18.0. The molecular formula is C27H25N5O2S. The lowest BCUT2D eigenvalue weighted by molar-refractivity contribution is -0.114. The van der Waals surface area contributed by atoms with Gasteiger partial charge in [-0.25, -0.2) is 0 Å². The number of carbonyl (C=O) groups is 1. The number of amides is 1. The van der Waals surface area contributed by atoms with Gasteiger partial charge in [-0.05, 0) is 73.5 Å². The Balaban J connectivity index is 1.49. The Kier molecular flexibility index (Phi) is 5.90. The number of aromatic nitrogens is 1. The summed E-state index contributed by atoms with van der Waals surface area (Å²) in [4.78, 5) is 17.2. The van der Waals surface area contributed by atoms with E-state index in [2.05, 4.69) is 20.7 Å². The summed E-state index contributed by atoms with van der Waals surface area (Å²) in [5.41, 5.74) is 6.18. The number of ether oxygens (including phenoxy) is 1. The Morgan fingerprint density at radius 2 is 1.86 bits per heavy atom. The molecule has 1 amide bonds. The van der Waals surface area contributed by atoms with E-state index in [0.717, 1.165) is 44.6 Å². The zero-order valence-electron chi connectivity index (χ0n) is 20.0. The van der Waals surface area contributed by atoms with Crippen LogP contribution < -0.4 is 4.74 Å². The van der Waals surface area contributed by atoms with E-state index in [1.165, 1.54) is 16.8 Å². The number of aliphatic imine (C=N–C) groups is 1. The van der Waals surface area contributed by atoms with Gasteiger partial charge in [0.05, 0.1) is 18.4 Å². The first-order valence-corrected chi connectivity index (χ1v) is 12.0. The molecule has 0 fully saturated rings. The van der Waals surface area contributed by atoms with Crippen LogP contribution >= 0.6 is 11.8 Å². The van der Waals surface area contributed by atoms with Crippen LogP contribution in [0.3, 0.4) is 0 Å². The Labute approximate surface area is 208 Å². The number of carbonyl (C=O) groups excluding carboxylic acids is 1. The van der Waals surface area contributed by atoms with Gasteiger partial charge in [0, 0.05) is 17.8 Å². The van der Waals surface area contributed by atoms with Crippen molar-refractivity contribution in [2.75, 3.05) is 7.11 Å². The molecule has 2 aliphatic rings. The van der Waals surface area contributed by atoms with Crippen LogP contribution in [0, 0.1) is 26.2 Å². The normalized spacial score (nSPS) is 16.5. The molecule has 0 spiro atoms. The molecule has 0 atom stereocenters. The first-order valence-electron chi connectivity index (χ1n) is 11.2. The number of thioether (sulfide) groups is 1. The number of aryl methyl sites for hydroxylation is 2. The molecule has 2 aliphatic heterocycles.